The van der Waals surface area contributed by atoms with Gasteiger partial charge in [-0.05, 0) is 29.3 Å². The van der Waals surface area contributed by atoms with E-state index in [1.54, 1.807) is 37.5 Å². The molecule has 5 N–H and O–H groups in total. The van der Waals surface area contributed by atoms with Crippen LogP contribution in [0.3, 0.4) is 0 Å². The summed E-state index contributed by atoms with van der Waals surface area (Å²) in [5, 5.41) is 18.4. The number of β-lactam (4-membered cyclic amide) rings is 1. The number of fused-ring (bicyclic) bond motifs is 1. The van der Waals surface area contributed by atoms with E-state index in [0.29, 0.717) is 16.9 Å². The van der Waals surface area contributed by atoms with E-state index in [0.717, 1.165) is 11.3 Å². The van der Waals surface area contributed by atoms with Crippen molar-refractivity contribution in [3.63, 3.8) is 0 Å². The number of methoxy groups -OCH3 is 1. The van der Waals surface area contributed by atoms with E-state index in [1.165, 1.54) is 34.2 Å². The quantitative estimate of drug-likeness (QED) is 0.0668. The fraction of sp³-hybridized carbons (Fsp3) is 0.259. The minimum Gasteiger partial charge on any atom is -0.497 e. The van der Waals surface area contributed by atoms with Crippen molar-refractivity contribution in [1.29, 1.82) is 0 Å². The van der Waals surface area contributed by atoms with Gasteiger partial charge in [-0.15, -0.1) is 29.7 Å². The number of nitrogens with zero attached hydrogens (tertiary/aromatic N) is 3. The number of allylic oxidation sites excluding steroid dienone is 1. The summed E-state index contributed by atoms with van der Waals surface area (Å²) < 4.78 is 15.8. The number of alkyl carbamates (subject to hydrolysis) is 1. The molecular weight excluding hydrogens is 600 g/mol. The Morgan fingerprint density at radius 3 is 2.70 bits per heavy atom. The number of nitrogens with two attached hydrogens (primary N) is 1. The van der Waals surface area contributed by atoms with Crippen LogP contribution in [0, 0.1) is 0 Å². The zero-order valence-corrected chi connectivity index (χ0v) is 24.5. The lowest BCUT2D eigenvalue weighted by Gasteiger charge is -2.49. The lowest BCUT2D eigenvalue weighted by Crippen LogP contribution is -2.71. The number of aromatic nitrogens is 1. The van der Waals surface area contributed by atoms with Gasteiger partial charge in [0.05, 0.1) is 7.11 Å². The predicted molar refractivity (Wildman–Crippen MR) is 158 cm³/mol. The highest BCUT2D eigenvalue weighted by molar-refractivity contribution is 8.00. The Morgan fingerprint density at radius 2 is 2.05 bits per heavy atom. The number of thioether (sulfide) groups is 1. The molecule has 1 aromatic heterocycles. The molecule has 0 aliphatic carbocycles. The number of carbonyl (C=O) groups excluding carboxylic acids is 4. The molecule has 2 aliphatic heterocycles. The molecule has 2 aliphatic rings. The molecule has 2 atom stereocenters. The molecule has 0 spiro atoms. The summed E-state index contributed by atoms with van der Waals surface area (Å²) in [6, 6.07) is 5.92. The van der Waals surface area contributed by atoms with Gasteiger partial charge in [0.25, 0.3) is 11.8 Å². The van der Waals surface area contributed by atoms with E-state index in [9.17, 15) is 24.4 Å². The minimum atomic E-state index is -1.02. The third-order valence-electron chi connectivity index (χ3n) is 6.11. The van der Waals surface area contributed by atoms with Crippen molar-refractivity contribution in [2.24, 2.45) is 5.16 Å². The van der Waals surface area contributed by atoms with Crippen LogP contribution in [0.25, 0.3) is 0 Å². The molecule has 0 saturated carbocycles. The van der Waals surface area contributed by atoms with Gasteiger partial charge in [-0.1, -0.05) is 29.4 Å². The second-order valence-corrected chi connectivity index (χ2v) is 10.8. The van der Waals surface area contributed by atoms with Crippen LogP contribution in [-0.4, -0.2) is 82.1 Å². The van der Waals surface area contributed by atoms with Crippen molar-refractivity contribution in [1.82, 2.24) is 20.5 Å². The third-order valence-corrected chi connectivity index (χ3v) is 8.08. The number of esters is 1. The third kappa shape index (κ3) is 7.34. The lowest BCUT2D eigenvalue weighted by atomic mass is 10.0. The number of rotatable bonds is 12. The Hall–Kier alpha value is -4.83. The Kier molecular flexibility index (Phi) is 10.4. The molecule has 1 fully saturated rings. The maximum Gasteiger partial charge on any atom is 0.407 e. The summed E-state index contributed by atoms with van der Waals surface area (Å²) in [4.78, 5) is 56.4. The molecule has 4 rings (SSSR count). The van der Waals surface area contributed by atoms with Gasteiger partial charge in [-0.3, -0.25) is 14.5 Å². The van der Waals surface area contributed by atoms with Gasteiger partial charge in [-0.25, -0.2) is 14.6 Å². The smallest absolute Gasteiger partial charge is 0.407 e. The summed E-state index contributed by atoms with van der Waals surface area (Å²) in [7, 11) is 1.54. The average Bonchev–Trinajstić information content (AvgIpc) is 3.45. The fourth-order valence-electron chi connectivity index (χ4n) is 4.04. The number of nitrogens with one attached hydrogen (secondary N) is 2. The number of hydrogen-bond donors (Lipinski definition) is 4. The largest absolute Gasteiger partial charge is 0.497 e. The van der Waals surface area contributed by atoms with Crippen LogP contribution in [0.5, 0.6) is 5.75 Å². The van der Waals surface area contributed by atoms with Crippen LogP contribution < -0.4 is 21.1 Å². The van der Waals surface area contributed by atoms with Crippen molar-refractivity contribution in [3.8, 4) is 5.75 Å². The van der Waals surface area contributed by atoms with E-state index in [1.807, 2.05) is 0 Å². The number of nitrogen functional groups attached to an aromatic ring is 1. The second kappa shape index (κ2) is 14.4. The zero-order valence-electron chi connectivity index (χ0n) is 22.8. The maximum atomic E-state index is 13.4. The number of thiazole rings is 1. The Labute approximate surface area is 254 Å². The normalized spacial score (nSPS) is 18.0. The molecule has 3 amide bonds. The molecule has 2 aromatic rings. The van der Waals surface area contributed by atoms with E-state index in [4.69, 9.17) is 19.9 Å². The maximum absolute atomic E-state index is 13.4. The van der Waals surface area contributed by atoms with Crippen molar-refractivity contribution in [2.75, 3.05) is 31.7 Å². The highest BCUT2D eigenvalue weighted by atomic mass is 32.2. The molecular formula is C27H28N6O8S2. The van der Waals surface area contributed by atoms with Gasteiger partial charge in [0.15, 0.2) is 10.8 Å². The van der Waals surface area contributed by atoms with Crippen LogP contribution in [0.4, 0.5) is 9.93 Å². The first-order valence-corrected chi connectivity index (χ1v) is 14.6. The molecule has 0 unspecified atom stereocenters. The Bertz CT molecular complexity index is 1490. The molecule has 0 bridgehead atoms. The number of benzene rings is 1. The summed E-state index contributed by atoms with van der Waals surface area (Å²) in [5.74, 6) is -1.24. The van der Waals surface area contributed by atoms with Gasteiger partial charge in [0.1, 0.15) is 41.8 Å². The van der Waals surface area contributed by atoms with E-state index < -0.39 is 41.0 Å². The molecule has 1 aromatic carbocycles. The molecule has 3 heterocycles. The minimum absolute atomic E-state index is 0.00319. The van der Waals surface area contributed by atoms with E-state index in [2.05, 4.69) is 27.4 Å². The highest BCUT2D eigenvalue weighted by Crippen LogP contribution is 2.41. The number of amides is 3. The lowest BCUT2D eigenvalue weighted by molar-refractivity contribution is -0.153. The van der Waals surface area contributed by atoms with Crippen molar-refractivity contribution >= 4 is 57.8 Å². The summed E-state index contributed by atoms with van der Waals surface area (Å²) in [5.41, 5.74) is 6.42. The monoisotopic (exact) mass is 628 g/mol. The van der Waals surface area contributed by atoms with Crippen molar-refractivity contribution in [3.05, 3.63) is 77.0 Å². The van der Waals surface area contributed by atoms with Crippen LogP contribution in [-0.2, 0) is 30.5 Å². The first-order valence-electron chi connectivity index (χ1n) is 12.7. The van der Waals surface area contributed by atoms with Gasteiger partial charge >= 0.3 is 12.1 Å². The molecule has 43 heavy (non-hydrogen) atoms. The number of carbonyl (C=O) groups is 4. The van der Waals surface area contributed by atoms with Crippen LogP contribution >= 0.6 is 23.1 Å². The molecule has 1 saturated heterocycles. The number of oxime groups is 1. The SMILES string of the molecule is C=CCNC(=O)OC/C=C\C1=C(C(=O)OCc2ccc(OC)cc2)N2C(=O)[C@@H](NC(=O)/C(=N\O)c3csc(N)n3)[C@H]2SC1. The molecule has 16 heteroatoms. The highest BCUT2D eigenvalue weighted by Gasteiger charge is 2.54. The van der Waals surface area contributed by atoms with Crippen LogP contribution in [0.2, 0.25) is 0 Å². The second-order valence-electron chi connectivity index (χ2n) is 8.85. The topological polar surface area (TPSA) is 195 Å². The van der Waals surface area contributed by atoms with Crippen molar-refractivity contribution in [2.45, 2.75) is 18.0 Å². The van der Waals surface area contributed by atoms with Gasteiger partial charge in [0, 0.05) is 17.7 Å². The number of ether oxygens (including phenoxy) is 3. The van der Waals surface area contributed by atoms with Gasteiger partial charge in [0.2, 0.25) is 0 Å². The van der Waals surface area contributed by atoms with Crippen molar-refractivity contribution < 1.29 is 38.6 Å². The standard InChI is InChI=1S/C27H28N6O8S2/c1-3-10-29-27(37)40-11-4-5-16-13-42-24-20(31-22(34)19(32-38)18-14-43-26(28)30-18)23(35)33(24)21(16)25(36)41-12-15-6-8-17(39-2)9-7-15/h3-9,14,20,24,38H,1,10-13H2,2H3,(H2,28,30)(H,29,37)(H,31,34)/b5-4-,32-19-/t20-,24-/m1/s1. The Morgan fingerprint density at radius 1 is 1.28 bits per heavy atom. The summed E-state index contributed by atoms with van der Waals surface area (Å²) >= 11 is 2.36. The number of hydrogen-bond acceptors (Lipinski definition) is 13. The molecule has 14 nitrogen and oxygen atoms in total. The van der Waals surface area contributed by atoms with Gasteiger partial charge < -0.3 is 35.8 Å². The zero-order chi connectivity index (χ0) is 30.9. The van der Waals surface area contributed by atoms with Crippen LogP contribution in [0.15, 0.2) is 70.9 Å². The van der Waals surface area contributed by atoms with Crippen LogP contribution in [0.1, 0.15) is 11.3 Å². The van der Waals surface area contributed by atoms with Gasteiger partial charge in [-0.2, -0.15) is 0 Å². The van der Waals surface area contributed by atoms with E-state index >= 15 is 0 Å². The number of anilines is 1. The fourth-order valence-corrected chi connectivity index (χ4v) is 5.91. The summed E-state index contributed by atoms with van der Waals surface area (Å²) in [6.07, 6.45) is 3.98. The van der Waals surface area contributed by atoms with E-state index in [-0.39, 0.29) is 42.0 Å². The Balaban J connectivity index is 1.50. The molecule has 0 radical (unpaired) electrons. The first kappa shape index (κ1) is 31.1. The first-order chi connectivity index (χ1) is 20.8. The average molecular weight is 629 g/mol. The predicted octanol–water partition coefficient (Wildman–Crippen LogP) is 1.78. The summed E-state index contributed by atoms with van der Waals surface area (Å²) in [6.45, 7) is 3.60. The molecule has 226 valence electrons.